The molecule has 0 atom stereocenters. The molecule has 18 heavy (non-hydrogen) atoms. The minimum atomic E-state index is -0.744. The molecule has 1 aromatic rings. The number of amides is 1. The zero-order valence-corrected chi connectivity index (χ0v) is 9.33. The summed E-state index contributed by atoms with van der Waals surface area (Å²) in [6.45, 7) is 0.117. The number of hydrogen-bond donors (Lipinski definition) is 1. The first kappa shape index (κ1) is 12.2. The highest BCUT2D eigenvalue weighted by Crippen LogP contribution is 2.31. The molecule has 0 radical (unpaired) electrons. The van der Waals surface area contributed by atoms with Crippen molar-refractivity contribution in [3.63, 3.8) is 0 Å². The van der Waals surface area contributed by atoms with Crippen LogP contribution in [0, 0.1) is 10.1 Å². The number of carbonyl (C=O) groups excluding carboxylic acids is 2. The molecule has 0 spiro atoms. The Morgan fingerprint density at radius 3 is 2.67 bits per heavy atom. The molecule has 7 heteroatoms. The van der Waals surface area contributed by atoms with Crippen LogP contribution in [0.1, 0.15) is 16.8 Å². The molecule has 0 aliphatic carbocycles. The van der Waals surface area contributed by atoms with E-state index in [0.717, 1.165) is 6.07 Å². The van der Waals surface area contributed by atoms with Crippen molar-refractivity contribution >= 4 is 23.1 Å². The predicted octanol–water partition coefficient (Wildman–Crippen LogP) is 0.506. The summed E-state index contributed by atoms with van der Waals surface area (Å²) in [4.78, 5) is 34.6. The SMILES string of the molecule is O=C1C(=O)N(CCCO)c2ccc([N+](=O)[O-])cc21. The molecule has 0 fully saturated rings. The number of benzene rings is 1. The molecule has 7 nitrogen and oxygen atoms in total. The fourth-order valence-corrected chi connectivity index (χ4v) is 1.85. The number of rotatable bonds is 4. The molecule has 1 aliphatic rings. The second-order valence-corrected chi connectivity index (χ2v) is 3.82. The largest absolute Gasteiger partial charge is 0.396 e. The van der Waals surface area contributed by atoms with E-state index in [0.29, 0.717) is 12.1 Å². The number of carbonyl (C=O) groups is 2. The van der Waals surface area contributed by atoms with Gasteiger partial charge in [0.2, 0.25) is 0 Å². The van der Waals surface area contributed by atoms with Crippen LogP contribution >= 0.6 is 0 Å². The summed E-state index contributed by atoms with van der Waals surface area (Å²) in [7, 11) is 0. The van der Waals surface area contributed by atoms with E-state index in [4.69, 9.17) is 5.11 Å². The van der Waals surface area contributed by atoms with Crippen molar-refractivity contribution in [3.8, 4) is 0 Å². The van der Waals surface area contributed by atoms with Gasteiger partial charge in [-0.3, -0.25) is 19.7 Å². The standard InChI is InChI=1S/C11H10N2O5/c14-5-1-4-12-9-3-2-7(13(17)18)6-8(9)10(15)11(12)16/h2-3,6,14H,1,4-5H2. The van der Waals surface area contributed by atoms with Gasteiger partial charge in [-0.2, -0.15) is 0 Å². The fourth-order valence-electron chi connectivity index (χ4n) is 1.85. The van der Waals surface area contributed by atoms with Crippen molar-refractivity contribution in [2.45, 2.75) is 6.42 Å². The lowest BCUT2D eigenvalue weighted by molar-refractivity contribution is -0.384. The van der Waals surface area contributed by atoms with Crippen molar-refractivity contribution in [2.24, 2.45) is 0 Å². The highest BCUT2D eigenvalue weighted by Gasteiger charge is 2.36. The summed E-state index contributed by atoms with van der Waals surface area (Å²) in [6.07, 6.45) is 0.343. The van der Waals surface area contributed by atoms with E-state index in [1.807, 2.05) is 0 Å². The molecule has 1 heterocycles. The Bertz CT molecular complexity index is 540. The fraction of sp³-hybridized carbons (Fsp3) is 0.273. The Balaban J connectivity index is 2.41. The lowest BCUT2D eigenvalue weighted by Gasteiger charge is -2.15. The third-order valence-corrected chi connectivity index (χ3v) is 2.71. The number of anilines is 1. The molecule has 0 saturated carbocycles. The van der Waals surface area contributed by atoms with Gasteiger partial charge in [0.1, 0.15) is 0 Å². The molecule has 0 bridgehead atoms. The second kappa shape index (κ2) is 4.53. The number of Topliss-reactive ketones (excluding diaryl/α,β-unsaturated/α-hetero) is 1. The van der Waals surface area contributed by atoms with Crippen LogP contribution in [0.15, 0.2) is 18.2 Å². The molecular weight excluding hydrogens is 240 g/mol. The van der Waals surface area contributed by atoms with Gasteiger partial charge in [0.15, 0.2) is 0 Å². The van der Waals surface area contributed by atoms with Crippen LogP contribution in [0.3, 0.4) is 0 Å². The summed E-state index contributed by atoms with van der Waals surface area (Å²) < 4.78 is 0. The average molecular weight is 250 g/mol. The van der Waals surface area contributed by atoms with Gasteiger partial charge in [-0.15, -0.1) is 0 Å². The zero-order valence-electron chi connectivity index (χ0n) is 9.33. The minimum Gasteiger partial charge on any atom is -0.396 e. The van der Waals surface area contributed by atoms with Gasteiger partial charge >= 0.3 is 0 Å². The zero-order chi connectivity index (χ0) is 13.3. The minimum absolute atomic E-state index is 0.0483. The normalized spacial score (nSPS) is 13.9. The molecule has 0 aromatic heterocycles. The number of non-ortho nitro benzene ring substituents is 1. The Hall–Kier alpha value is -2.28. The Labute approximate surface area is 102 Å². The molecule has 1 aromatic carbocycles. The van der Waals surface area contributed by atoms with E-state index in [1.165, 1.54) is 17.0 Å². The highest BCUT2D eigenvalue weighted by atomic mass is 16.6. The first-order chi connectivity index (χ1) is 8.56. The molecule has 2 rings (SSSR count). The summed E-state index contributed by atoms with van der Waals surface area (Å²) in [6, 6.07) is 3.73. The van der Waals surface area contributed by atoms with Crippen LogP contribution in [0.2, 0.25) is 0 Å². The number of ketones is 1. The summed E-state index contributed by atoms with van der Waals surface area (Å²) in [5, 5.41) is 19.3. The van der Waals surface area contributed by atoms with E-state index >= 15 is 0 Å². The maximum Gasteiger partial charge on any atom is 0.299 e. The Kier molecular flexibility index (Phi) is 3.07. The molecule has 94 valence electrons. The first-order valence-corrected chi connectivity index (χ1v) is 5.31. The number of nitro benzene ring substituents is 1. The molecular formula is C11H10N2O5. The summed E-state index contributed by atoms with van der Waals surface area (Å²) in [5.41, 5.74) is 0.190. The topological polar surface area (TPSA) is 101 Å². The van der Waals surface area contributed by atoms with E-state index in [-0.39, 0.29) is 24.4 Å². The summed E-state index contributed by atoms with van der Waals surface area (Å²) >= 11 is 0. The van der Waals surface area contributed by atoms with Crippen molar-refractivity contribution < 1.29 is 19.6 Å². The van der Waals surface area contributed by atoms with Gasteiger partial charge in [0, 0.05) is 25.3 Å². The van der Waals surface area contributed by atoms with Gasteiger partial charge in [-0.25, -0.2) is 0 Å². The third-order valence-electron chi connectivity index (χ3n) is 2.71. The van der Waals surface area contributed by atoms with Crippen LogP contribution < -0.4 is 4.90 Å². The number of hydrogen-bond acceptors (Lipinski definition) is 5. The van der Waals surface area contributed by atoms with Gasteiger partial charge in [-0.05, 0) is 12.5 Å². The summed E-state index contributed by atoms with van der Waals surface area (Å²) in [5.74, 6) is -1.45. The van der Waals surface area contributed by atoms with Crippen molar-refractivity contribution in [3.05, 3.63) is 33.9 Å². The first-order valence-electron chi connectivity index (χ1n) is 5.31. The lowest BCUT2D eigenvalue weighted by Crippen LogP contribution is -2.31. The van der Waals surface area contributed by atoms with E-state index in [9.17, 15) is 19.7 Å². The number of nitrogens with zero attached hydrogens (tertiary/aromatic N) is 2. The van der Waals surface area contributed by atoms with Crippen LogP contribution in [-0.4, -0.2) is 34.9 Å². The van der Waals surface area contributed by atoms with Gasteiger partial charge in [0.25, 0.3) is 17.4 Å². The third kappa shape index (κ3) is 1.84. The van der Waals surface area contributed by atoms with E-state index < -0.39 is 16.6 Å². The quantitative estimate of drug-likeness (QED) is 0.476. The highest BCUT2D eigenvalue weighted by molar-refractivity contribution is 6.52. The number of fused-ring (bicyclic) bond motifs is 1. The van der Waals surface area contributed by atoms with Crippen molar-refractivity contribution in [1.29, 1.82) is 0 Å². The van der Waals surface area contributed by atoms with Crippen LogP contribution in [0.25, 0.3) is 0 Å². The van der Waals surface area contributed by atoms with E-state index in [1.54, 1.807) is 0 Å². The van der Waals surface area contributed by atoms with E-state index in [2.05, 4.69) is 0 Å². The monoisotopic (exact) mass is 250 g/mol. The van der Waals surface area contributed by atoms with Crippen LogP contribution in [0.4, 0.5) is 11.4 Å². The molecule has 1 amide bonds. The maximum absolute atomic E-state index is 11.7. The van der Waals surface area contributed by atoms with Crippen LogP contribution in [0.5, 0.6) is 0 Å². The lowest BCUT2D eigenvalue weighted by atomic mass is 10.1. The average Bonchev–Trinajstić information content (AvgIpc) is 2.60. The molecule has 1 N–H and O–H groups in total. The van der Waals surface area contributed by atoms with Crippen LogP contribution in [-0.2, 0) is 4.79 Å². The molecule has 0 unspecified atom stereocenters. The molecule has 0 saturated heterocycles. The second-order valence-electron chi connectivity index (χ2n) is 3.82. The van der Waals surface area contributed by atoms with Gasteiger partial charge in [-0.1, -0.05) is 0 Å². The number of aliphatic hydroxyl groups excluding tert-OH is 1. The number of aliphatic hydroxyl groups is 1. The van der Waals surface area contributed by atoms with Crippen molar-refractivity contribution in [2.75, 3.05) is 18.1 Å². The van der Waals surface area contributed by atoms with Gasteiger partial charge < -0.3 is 10.0 Å². The molecule has 1 aliphatic heterocycles. The predicted molar refractivity (Wildman–Crippen MR) is 61.5 cm³/mol. The van der Waals surface area contributed by atoms with Crippen molar-refractivity contribution in [1.82, 2.24) is 0 Å². The smallest absolute Gasteiger partial charge is 0.299 e. The number of nitro groups is 1. The van der Waals surface area contributed by atoms with Gasteiger partial charge in [0.05, 0.1) is 16.2 Å². The maximum atomic E-state index is 11.7. The Morgan fingerprint density at radius 2 is 2.06 bits per heavy atom. The Morgan fingerprint density at radius 1 is 1.33 bits per heavy atom.